The van der Waals surface area contributed by atoms with Gasteiger partial charge in [0, 0.05) is 28.9 Å². The van der Waals surface area contributed by atoms with Crippen LogP contribution in [0.15, 0.2) is 36.7 Å². The van der Waals surface area contributed by atoms with Gasteiger partial charge in [0.2, 0.25) is 0 Å². The Hall–Kier alpha value is -1.85. The smallest absolute Gasteiger partial charge is 0.125 e. The fourth-order valence-electron chi connectivity index (χ4n) is 1.84. The Morgan fingerprint density at radius 2 is 2.25 bits per heavy atom. The first-order valence-corrected chi connectivity index (χ1v) is 6.71. The number of aromatic nitrogens is 1. The van der Waals surface area contributed by atoms with Gasteiger partial charge in [0.25, 0.3) is 0 Å². The highest BCUT2D eigenvalue weighted by molar-refractivity contribution is 7.80. The third-order valence-electron chi connectivity index (χ3n) is 2.84. The molecule has 3 N–H and O–H groups in total. The van der Waals surface area contributed by atoms with Crippen LogP contribution in [0.1, 0.15) is 11.1 Å². The molecule has 0 aliphatic rings. The number of benzene rings is 1. The van der Waals surface area contributed by atoms with Crippen molar-refractivity contribution in [3.63, 3.8) is 0 Å². The van der Waals surface area contributed by atoms with Crippen molar-refractivity contribution >= 4 is 34.5 Å². The predicted molar refractivity (Wildman–Crippen MR) is 85.5 cm³/mol. The Bertz CT molecular complexity index is 634. The van der Waals surface area contributed by atoms with E-state index in [1.807, 2.05) is 18.2 Å². The number of ether oxygens (including phenoxy) is 1. The SMILES string of the molecule is COc1cccc(Cl)c1CNc1cnccc1C(N)=S. The number of rotatable bonds is 5. The van der Waals surface area contributed by atoms with Crippen molar-refractivity contribution in [2.75, 3.05) is 12.4 Å². The van der Waals surface area contributed by atoms with Gasteiger partial charge in [0.1, 0.15) is 10.7 Å². The molecule has 0 aliphatic heterocycles. The van der Waals surface area contributed by atoms with Crippen LogP contribution in [0.25, 0.3) is 0 Å². The zero-order chi connectivity index (χ0) is 14.5. The number of hydrogen-bond acceptors (Lipinski definition) is 4. The normalized spacial score (nSPS) is 10.1. The van der Waals surface area contributed by atoms with Crippen LogP contribution in [0.2, 0.25) is 5.02 Å². The monoisotopic (exact) mass is 307 g/mol. The third-order valence-corrected chi connectivity index (χ3v) is 3.41. The molecule has 0 amide bonds. The van der Waals surface area contributed by atoms with Gasteiger partial charge >= 0.3 is 0 Å². The van der Waals surface area contributed by atoms with Crippen LogP contribution < -0.4 is 15.8 Å². The zero-order valence-corrected chi connectivity index (χ0v) is 12.5. The Labute approximate surface area is 127 Å². The maximum atomic E-state index is 6.19. The zero-order valence-electron chi connectivity index (χ0n) is 10.9. The van der Waals surface area contributed by atoms with Gasteiger partial charge in [-0.05, 0) is 18.2 Å². The number of anilines is 1. The number of thiocarbonyl (C=S) groups is 1. The lowest BCUT2D eigenvalue weighted by molar-refractivity contribution is 0.410. The van der Waals surface area contributed by atoms with Crippen molar-refractivity contribution in [2.24, 2.45) is 5.73 Å². The van der Waals surface area contributed by atoms with E-state index in [1.165, 1.54) is 0 Å². The highest BCUT2D eigenvalue weighted by Gasteiger charge is 2.09. The summed E-state index contributed by atoms with van der Waals surface area (Å²) in [5.41, 5.74) is 8.07. The molecule has 0 fully saturated rings. The largest absolute Gasteiger partial charge is 0.496 e. The molecule has 1 heterocycles. The quantitative estimate of drug-likeness (QED) is 0.832. The molecule has 20 heavy (non-hydrogen) atoms. The minimum Gasteiger partial charge on any atom is -0.496 e. The van der Waals surface area contributed by atoms with Crippen molar-refractivity contribution in [1.82, 2.24) is 4.98 Å². The lowest BCUT2D eigenvalue weighted by atomic mass is 10.1. The second kappa shape index (κ2) is 6.54. The number of methoxy groups -OCH3 is 1. The lowest BCUT2D eigenvalue weighted by Gasteiger charge is -2.14. The molecule has 0 radical (unpaired) electrons. The molecular weight excluding hydrogens is 294 g/mol. The minimum absolute atomic E-state index is 0.320. The van der Waals surface area contributed by atoms with Crippen molar-refractivity contribution in [3.8, 4) is 5.75 Å². The summed E-state index contributed by atoms with van der Waals surface area (Å²) in [5.74, 6) is 0.728. The van der Waals surface area contributed by atoms with Crippen LogP contribution in [0.5, 0.6) is 5.75 Å². The molecular formula is C14H14ClN3OS. The van der Waals surface area contributed by atoms with Gasteiger partial charge in [-0.15, -0.1) is 0 Å². The molecule has 6 heteroatoms. The van der Waals surface area contributed by atoms with Crippen molar-refractivity contribution in [3.05, 3.63) is 52.8 Å². The van der Waals surface area contributed by atoms with Crippen molar-refractivity contribution in [1.29, 1.82) is 0 Å². The van der Waals surface area contributed by atoms with Crippen LogP contribution in [-0.4, -0.2) is 17.1 Å². The highest BCUT2D eigenvalue weighted by atomic mass is 35.5. The third kappa shape index (κ3) is 3.18. The summed E-state index contributed by atoms with van der Waals surface area (Å²) in [5, 5.41) is 3.87. The Morgan fingerprint density at radius 1 is 1.45 bits per heavy atom. The molecule has 1 aromatic carbocycles. The molecule has 0 aliphatic carbocycles. The Morgan fingerprint density at radius 3 is 2.95 bits per heavy atom. The Balaban J connectivity index is 2.24. The first-order chi connectivity index (χ1) is 9.63. The number of hydrogen-bond donors (Lipinski definition) is 2. The van der Waals surface area contributed by atoms with Crippen LogP contribution in [0.3, 0.4) is 0 Å². The van der Waals surface area contributed by atoms with E-state index < -0.39 is 0 Å². The van der Waals surface area contributed by atoms with Crippen LogP contribution in [0.4, 0.5) is 5.69 Å². The molecule has 104 valence electrons. The van der Waals surface area contributed by atoms with Crippen LogP contribution in [-0.2, 0) is 6.54 Å². The summed E-state index contributed by atoms with van der Waals surface area (Å²) in [6, 6.07) is 7.29. The maximum Gasteiger partial charge on any atom is 0.125 e. The van der Waals surface area contributed by atoms with E-state index in [4.69, 9.17) is 34.3 Å². The fourth-order valence-corrected chi connectivity index (χ4v) is 2.25. The molecule has 0 unspecified atom stereocenters. The van der Waals surface area contributed by atoms with E-state index in [0.29, 0.717) is 16.6 Å². The molecule has 2 aromatic rings. The average Bonchev–Trinajstić information content (AvgIpc) is 2.46. The van der Waals surface area contributed by atoms with Gasteiger partial charge in [-0.2, -0.15) is 0 Å². The van der Waals surface area contributed by atoms with Crippen LogP contribution >= 0.6 is 23.8 Å². The Kier molecular flexibility index (Phi) is 4.76. The summed E-state index contributed by atoms with van der Waals surface area (Å²) in [6.45, 7) is 0.490. The van der Waals surface area contributed by atoms with Gasteiger partial charge < -0.3 is 15.8 Å². The summed E-state index contributed by atoms with van der Waals surface area (Å²) < 4.78 is 5.30. The van der Waals surface area contributed by atoms with E-state index in [-0.39, 0.29) is 0 Å². The predicted octanol–water partition coefficient (Wildman–Crippen LogP) is 2.99. The summed E-state index contributed by atoms with van der Waals surface area (Å²) in [6.07, 6.45) is 3.33. The van der Waals surface area contributed by atoms with Gasteiger partial charge in [0.05, 0.1) is 19.0 Å². The van der Waals surface area contributed by atoms with E-state index in [2.05, 4.69) is 10.3 Å². The van der Waals surface area contributed by atoms with Crippen LogP contribution in [0, 0.1) is 0 Å². The summed E-state index contributed by atoms with van der Waals surface area (Å²) >= 11 is 11.2. The fraction of sp³-hybridized carbons (Fsp3) is 0.143. The van der Waals surface area contributed by atoms with Crippen molar-refractivity contribution < 1.29 is 4.74 Å². The summed E-state index contributed by atoms with van der Waals surface area (Å²) in [4.78, 5) is 4.38. The molecule has 0 bridgehead atoms. The van der Waals surface area contributed by atoms with E-state index in [1.54, 1.807) is 25.6 Å². The molecule has 0 saturated heterocycles. The highest BCUT2D eigenvalue weighted by Crippen LogP contribution is 2.27. The minimum atomic E-state index is 0.320. The maximum absolute atomic E-state index is 6.19. The molecule has 4 nitrogen and oxygen atoms in total. The first kappa shape index (κ1) is 14.6. The molecule has 2 rings (SSSR count). The van der Waals surface area contributed by atoms with Gasteiger partial charge in [-0.3, -0.25) is 4.98 Å². The average molecular weight is 308 g/mol. The molecule has 0 atom stereocenters. The number of pyridine rings is 1. The topological polar surface area (TPSA) is 60.2 Å². The van der Waals surface area contributed by atoms with Gasteiger partial charge in [0.15, 0.2) is 0 Å². The van der Waals surface area contributed by atoms with Gasteiger partial charge in [-0.25, -0.2) is 0 Å². The van der Waals surface area contributed by atoms with E-state index in [0.717, 1.165) is 22.6 Å². The van der Waals surface area contributed by atoms with Crippen molar-refractivity contribution in [2.45, 2.75) is 6.54 Å². The number of halogens is 1. The number of nitrogens with two attached hydrogens (primary N) is 1. The van der Waals surface area contributed by atoms with E-state index >= 15 is 0 Å². The first-order valence-electron chi connectivity index (χ1n) is 5.92. The van der Waals surface area contributed by atoms with Gasteiger partial charge in [-0.1, -0.05) is 29.9 Å². The number of nitrogens with one attached hydrogen (secondary N) is 1. The second-order valence-electron chi connectivity index (χ2n) is 4.06. The lowest BCUT2D eigenvalue weighted by Crippen LogP contribution is -2.13. The standard InChI is InChI=1S/C14H14ClN3OS/c1-19-13-4-2-3-11(15)10(13)7-18-12-8-17-6-5-9(12)14(16)20/h2-6,8,18H,7H2,1H3,(H2,16,20). The summed E-state index contributed by atoms with van der Waals surface area (Å²) in [7, 11) is 1.61. The molecule has 0 saturated carbocycles. The number of nitrogens with zero attached hydrogens (tertiary/aromatic N) is 1. The molecule has 0 spiro atoms. The second-order valence-corrected chi connectivity index (χ2v) is 4.91. The molecule has 1 aromatic heterocycles. The van der Waals surface area contributed by atoms with E-state index in [9.17, 15) is 0 Å².